The van der Waals surface area contributed by atoms with Crippen LogP contribution in [0.4, 0.5) is 0 Å². The van der Waals surface area contributed by atoms with Crippen molar-refractivity contribution in [2.75, 3.05) is 39.3 Å². The number of Topliss-reactive ketones (excluding diaryl/α,β-unsaturated/α-hetero) is 1. The summed E-state index contributed by atoms with van der Waals surface area (Å²) in [6.07, 6.45) is 0.731. The van der Waals surface area contributed by atoms with Crippen LogP contribution in [0.1, 0.15) is 41.0 Å². The van der Waals surface area contributed by atoms with E-state index in [4.69, 9.17) is 9.47 Å². The van der Waals surface area contributed by atoms with E-state index >= 15 is 0 Å². The number of piperazine rings is 1. The lowest BCUT2D eigenvalue weighted by Crippen LogP contribution is -2.66. The first-order chi connectivity index (χ1) is 15.5. The number of para-hydroxylation sites is 1. The van der Waals surface area contributed by atoms with Gasteiger partial charge in [-0.1, -0.05) is 18.2 Å². The molecule has 1 aromatic carbocycles. The van der Waals surface area contributed by atoms with Crippen molar-refractivity contribution in [3.63, 3.8) is 0 Å². The van der Waals surface area contributed by atoms with Crippen LogP contribution in [-0.4, -0.2) is 84.0 Å². The van der Waals surface area contributed by atoms with Gasteiger partial charge in [0.2, 0.25) is 0 Å². The van der Waals surface area contributed by atoms with Gasteiger partial charge in [0.05, 0.1) is 5.92 Å². The number of carbonyl (C=O) groups is 3. The molecular weight excluding hydrogens is 422 g/mol. The normalized spacial score (nSPS) is 24.5. The van der Waals surface area contributed by atoms with Gasteiger partial charge in [0.1, 0.15) is 11.4 Å². The van der Waals surface area contributed by atoms with Crippen LogP contribution in [0.3, 0.4) is 0 Å². The third-order valence-electron chi connectivity index (χ3n) is 6.61. The Bertz CT molecular complexity index is 845. The molecule has 0 bridgehead atoms. The Balaban J connectivity index is 1.67. The first-order valence-electron chi connectivity index (χ1n) is 11.7. The Morgan fingerprint density at radius 1 is 1.00 bits per heavy atom. The molecule has 8 nitrogen and oxygen atoms in total. The second kappa shape index (κ2) is 10.3. The number of hydrogen-bond donors (Lipinski definition) is 1. The van der Waals surface area contributed by atoms with Gasteiger partial charge in [-0.2, -0.15) is 0 Å². The van der Waals surface area contributed by atoms with E-state index in [0.29, 0.717) is 38.5 Å². The third-order valence-corrected chi connectivity index (χ3v) is 6.61. The summed E-state index contributed by atoms with van der Waals surface area (Å²) in [5.41, 5.74) is -1.88. The van der Waals surface area contributed by atoms with E-state index in [1.165, 1.54) is 6.92 Å². The lowest BCUT2D eigenvalue weighted by Gasteiger charge is -2.47. The fourth-order valence-corrected chi connectivity index (χ4v) is 4.57. The fraction of sp³-hybridized carbons (Fsp3) is 0.640. The molecule has 182 valence electrons. The van der Waals surface area contributed by atoms with Crippen LogP contribution in [0.15, 0.2) is 30.3 Å². The molecular formula is C25H37N3O5. The molecule has 8 heteroatoms. The molecule has 3 rings (SSSR count). The van der Waals surface area contributed by atoms with Crippen molar-refractivity contribution in [1.29, 1.82) is 0 Å². The van der Waals surface area contributed by atoms with E-state index < -0.39 is 17.1 Å². The van der Waals surface area contributed by atoms with Crippen LogP contribution in [0.5, 0.6) is 5.75 Å². The van der Waals surface area contributed by atoms with Crippen LogP contribution in [0.25, 0.3) is 0 Å². The molecule has 2 fully saturated rings. The molecule has 3 unspecified atom stereocenters. The highest BCUT2D eigenvalue weighted by Crippen LogP contribution is 2.27. The molecule has 33 heavy (non-hydrogen) atoms. The minimum atomic E-state index is -1.36. The smallest absolute Gasteiger partial charge is 0.339 e. The van der Waals surface area contributed by atoms with Crippen LogP contribution < -0.4 is 10.1 Å². The van der Waals surface area contributed by atoms with Gasteiger partial charge in [0, 0.05) is 38.8 Å². The summed E-state index contributed by atoms with van der Waals surface area (Å²) in [5.74, 6) is -0.749. The van der Waals surface area contributed by atoms with Gasteiger partial charge in [-0.25, -0.2) is 4.79 Å². The summed E-state index contributed by atoms with van der Waals surface area (Å²) in [7, 11) is 0. The zero-order chi connectivity index (χ0) is 24.2. The molecule has 1 N–H and O–H groups in total. The Morgan fingerprint density at radius 2 is 1.64 bits per heavy atom. The maximum Gasteiger partial charge on any atom is 0.339 e. The van der Waals surface area contributed by atoms with E-state index in [0.717, 1.165) is 13.0 Å². The summed E-state index contributed by atoms with van der Waals surface area (Å²) in [6, 6.07) is 8.82. The molecule has 2 saturated heterocycles. The summed E-state index contributed by atoms with van der Waals surface area (Å²) in [4.78, 5) is 42.7. The second-order valence-corrected chi connectivity index (χ2v) is 10.1. The molecule has 0 aromatic heterocycles. The number of nitrogens with zero attached hydrogens (tertiary/aromatic N) is 2. The van der Waals surface area contributed by atoms with Gasteiger partial charge >= 0.3 is 11.9 Å². The fourth-order valence-electron chi connectivity index (χ4n) is 4.57. The number of ether oxygens (including phenoxy) is 2. The minimum Gasteiger partial charge on any atom is -0.460 e. The molecule has 0 saturated carbocycles. The van der Waals surface area contributed by atoms with Gasteiger partial charge in [-0.15, -0.1) is 0 Å². The molecule has 2 heterocycles. The quantitative estimate of drug-likeness (QED) is 0.392. The number of benzene rings is 1. The SMILES string of the molecule is CC(=O)C(C)(C(=O)Oc1ccccc1)N1CCN(C2CNCCC2C(=O)OC(C)(C)C)CC1. The molecule has 0 radical (unpaired) electrons. The number of ketones is 1. The van der Waals surface area contributed by atoms with Crippen molar-refractivity contribution in [3.8, 4) is 5.75 Å². The molecule has 3 atom stereocenters. The van der Waals surface area contributed by atoms with E-state index in [1.807, 2.05) is 31.7 Å². The lowest BCUT2D eigenvalue weighted by molar-refractivity contribution is -0.164. The molecule has 2 aliphatic rings. The van der Waals surface area contributed by atoms with Crippen LogP contribution in [-0.2, 0) is 19.1 Å². The van der Waals surface area contributed by atoms with Crippen LogP contribution >= 0.6 is 0 Å². The highest BCUT2D eigenvalue weighted by Gasteiger charge is 2.48. The van der Waals surface area contributed by atoms with E-state index in [9.17, 15) is 14.4 Å². The summed E-state index contributed by atoms with van der Waals surface area (Å²) >= 11 is 0. The molecule has 2 aliphatic heterocycles. The number of esters is 2. The second-order valence-electron chi connectivity index (χ2n) is 10.1. The zero-order valence-electron chi connectivity index (χ0n) is 20.4. The van der Waals surface area contributed by atoms with Gasteiger partial charge < -0.3 is 14.8 Å². The average Bonchev–Trinajstić information content (AvgIpc) is 2.78. The highest BCUT2D eigenvalue weighted by molar-refractivity contribution is 6.07. The molecule has 0 aliphatic carbocycles. The van der Waals surface area contributed by atoms with E-state index in [1.54, 1.807) is 31.2 Å². The molecule has 0 amide bonds. The van der Waals surface area contributed by atoms with E-state index in [2.05, 4.69) is 10.2 Å². The maximum absolute atomic E-state index is 13.1. The average molecular weight is 460 g/mol. The lowest BCUT2D eigenvalue weighted by atomic mass is 9.89. The van der Waals surface area contributed by atoms with Crippen molar-refractivity contribution >= 4 is 17.7 Å². The van der Waals surface area contributed by atoms with Crippen molar-refractivity contribution < 1.29 is 23.9 Å². The predicted octanol–water partition coefficient (Wildman–Crippen LogP) is 1.88. The number of hydrogen-bond acceptors (Lipinski definition) is 8. The number of nitrogens with one attached hydrogen (secondary N) is 1. The van der Waals surface area contributed by atoms with Gasteiger partial charge in [0.25, 0.3) is 0 Å². The summed E-state index contributed by atoms with van der Waals surface area (Å²) < 4.78 is 11.2. The standard InChI is InChI=1S/C25H37N3O5/c1-18(29)25(5,23(31)32-19-9-7-6-8-10-19)28-15-13-27(14-16-28)21-17-26-12-11-20(21)22(30)33-24(2,3)4/h6-10,20-21,26H,11-17H2,1-5H3. The Kier molecular flexibility index (Phi) is 7.92. The minimum absolute atomic E-state index is 0.0237. The predicted molar refractivity (Wildman–Crippen MR) is 125 cm³/mol. The first-order valence-corrected chi connectivity index (χ1v) is 11.7. The Labute approximate surface area is 196 Å². The first kappa shape index (κ1) is 25.3. The van der Waals surface area contributed by atoms with Crippen molar-refractivity contribution in [1.82, 2.24) is 15.1 Å². The highest BCUT2D eigenvalue weighted by atomic mass is 16.6. The van der Waals surface area contributed by atoms with Crippen molar-refractivity contribution in [3.05, 3.63) is 30.3 Å². The number of piperidine rings is 1. The van der Waals surface area contributed by atoms with Gasteiger partial charge in [-0.05, 0) is 59.7 Å². The van der Waals surface area contributed by atoms with Crippen molar-refractivity contribution in [2.45, 2.75) is 58.2 Å². The van der Waals surface area contributed by atoms with E-state index in [-0.39, 0.29) is 23.7 Å². The van der Waals surface area contributed by atoms with Crippen LogP contribution in [0, 0.1) is 5.92 Å². The third kappa shape index (κ3) is 5.99. The van der Waals surface area contributed by atoms with Crippen LogP contribution in [0.2, 0.25) is 0 Å². The topological polar surface area (TPSA) is 88.2 Å². The van der Waals surface area contributed by atoms with Gasteiger partial charge in [-0.3, -0.25) is 19.4 Å². The number of rotatable bonds is 6. The molecule has 0 spiro atoms. The largest absolute Gasteiger partial charge is 0.460 e. The number of carbonyl (C=O) groups excluding carboxylic acids is 3. The Morgan fingerprint density at radius 3 is 2.21 bits per heavy atom. The summed E-state index contributed by atoms with van der Waals surface area (Å²) in [5, 5.41) is 3.39. The van der Waals surface area contributed by atoms with Crippen molar-refractivity contribution in [2.24, 2.45) is 5.92 Å². The maximum atomic E-state index is 13.1. The monoisotopic (exact) mass is 459 g/mol. The zero-order valence-corrected chi connectivity index (χ0v) is 20.4. The summed E-state index contributed by atoms with van der Waals surface area (Å²) in [6.45, 7) is 12.6. The van der Waals surface area contributed by atoms with Gasteiger partial charge in [0.15, 0.2) is 11.3 Å². The molecule has 1 aromatic rings. The Hall–Kier alpha value is -2.29.